The number of nitrogens with zero attached hydrogens (tertiary/aromatic N) is 4. The van der Waals surface area contributed by atoms with Gasteiger partial charge in [-0.2, -0.15) is 5.10 Å². The number of fused-ring (bicyclic) bond motifs is 1. The molecule has 3 aromatic rings. The second-order valence-corrected chi connectivity index (χ2v) is 6.37. The number of carbonyl (C=O) groups excluding carboxylic acids is 1. The molecule has 1 aliphatic heterocycles. The number of halogens is 1. The Bertz CT molecular complexity index is 1170. The first-order chi connectivity index (χ1) is 14.1. The van der Waals surface area contributed by atoms with E-state index < -0.39 is 11.8 Å². The van der Waals surface area contributed by atoms with E-state index in [-0.39, 0.29) is 25.3 Å². The number of pyridine rings is 1. The van der Waals surface area contributed by atoms with Gasteiger partial charge >= 0.3 is 11.8 Å². The maximum atomic E-state index is 12.8. The van der Waals surface area contributed by atoms with Crippen molar-refractivity contribution >= 4 is 11.8 Å². The van der Waals surface area contributed by atoms with E-state index in [0.29, 0.717) is 23.5 Å². The van der Waals surface area contributed by atoms with Gasteiger partial charge in [0.15, 0.2) is 0 Å². The lowest BCUT2D eigenvalue weighted by molar-refractivity contribution is 0.151. The van der Waals surface area contributed by atoms with Crippen molar-refractivity contribution in [1.29, 1.82) is 0 Å². The lowest BCUT2D eigenvalue weighted by Crippen LogP contribution is -2.26. The van der Waals surface area contributed by atoms with E-state index in [0.717, 1.165) is 15.8 Å². The molecule has 0 radical (unpaired) electrons. The van der Waals surface area contributed by atoms with E-state index in [9.17, 15) is 14.0 Å². The summed E-state index contributed by atoms with van der Waals surface area (Å²) in [6.07, 6.45) is 1.20. The zero-order chi connectivity index (χ0) is 20.4. The molecule has 0 saturated carbocycles. The molecule has 0 unspecified atom stereocenters. The van der Waals surface area contributed by atoms with Gasteiger partial charge in [0.1, 0.15) is 18.8 Å². The van der Waals surface area contributed by atoms with E-state index in [1.165, 1.54) is 10.9 Å². The van der Waals surface area contributed by atoms with Crippen LogP contribution in [0.15, 0.2) is 59.4 Å². The lowest BCUT2D eigenvalue weighted by Gasteiger charge is -2.18. The molecule has 0 aliphatic carbocycles. The Morgan fingerprint density at radius 2 is 2.17 bits per heavy atom. The Hall–Kier alpha value is -3.79. The molecule has 1 aliphatic rings. The predicted octanol–water partition coefficient (Wildman–Crippen LogP) is 1.97. The van der Waals surface area contributed by atoms with Gasteiger partial charge < -0.3 is 10.5 Å². The monoisotopic (exact) mass is 396 g/mol. The van der Waals surface area contributed by atoms with Gasteiger partial charge in [0.25, 0.3) is 0 Å². The van der Waals surface area contributed by atoms with Crippen LogP contribution in [-0.2, 0) is 17.9 Å². The van der Waals surface area contributed by atoms with Gasteiger partial charge in [0, 0.05) is 17.7 Å². The second kappa shape index (κ2) is 7.68. The summed E-state index contributed by atoms with van der Waals surface area (Å²) in [7, 11) is 0. The van der Waals surface area contributed by atoms with Crippen molar-refractivity contribution in [3.8, 4) is 17.1 Å². The Morgan fingerprint density at radius 3 is 2.97 bits per heavy atom. The van der Waals surface area contributed by atoms with Crippen LogP contribution in [0.1, 0.15) is 5.56 Å². The minimum absolute atomic E-state index is 0.0105. The molecule has 10 heteroatoms. The smallest absolute Gasteiger partial charge is 0.411 e. The third-order valence-corrected chi connectivity index (χ3v) is 4.49. The maximum Gasteiger partial charge on any atom is 0.411 e. The number of benzene rings is 1. The maximum absolute atomic E-state index is 12.8. The van der Waals surface area contributed by atoms with Crippen LogP contribution in [0.2, 0.25) is 0 Å². The van der Waals surface area contributed by atoms with Crippen molar-refractivity contribution in [3.63, 3.8) is 0 Å². The Balaban J connectivity index is 1.67. The fraction of sp³-hybridized carbons (Fsp3) is 0.158. The summed E-state index contributed by atoms with van der Waals surface area (Å²) in [6, 6.07) is 10.7. The molecule has 1 aromatic carbocycles. The van der Waals surface area contributed by atoms with Crippen molar-refractivity contribution < 1.29 is 13.9 Å². The number of nitrogens with one attached hydrogen (secondary N) is 1. The molecule has 1 amide bonds. The summed E-state index contributed by atoms with van der Waals surface area (Å²) in [6.45, 7) is 0.163. The molecule has 0 atom stereocenters. The number of hydrogen-bond acceptors (Lipinski definition) is 6. The van der Waals surface area contributed by atoms with Crippen LogP contribution < -0.4 is 16.7 Å². The molecule has 3 heterocycles. The zero-order valence-electron chi connectivity index (χ0n) is 15.2. The topological polar surface area (TPSA) is 117 Å². The Labute approximate surface area is 164 Å². The quantitative estimate of drug-likeness (QED) is 0.681. The summed E-state index contributed by atoms with van der Waals surface area (Å²) in [4.78, 5) is 28.6. The number of anilines is 1. The van der Waals surface area contributed by atoms with Crippen molar-refractivity contribution in [2.24, 2.45) is 5.73 Å². The first-order valence-electron chi connectivity index (χ1n) is 8.76. The Kier molecular flexibility index (Phi) is 4.92. The molecule has 9 nitrogen and oxygen atoms in total. The van der Waals surface area contributed by atoms with Crippen LogP contribution in [0, 0.1) is 0 Å². The van der Waals surface area contributed by atoms with Crippen LogP contribution >= 0.6 is 0 Å². The molecule has 4 rings (SSSR count). The van der Waals surface area contributed by atoms with Crippen LogP contribution in [0.4, 0.5) is 14.9 Å². The van der Waals surface area contributed by atoms with Crippen molar-refractivity contribution in [3.05, 3.63) is 70.7 Å². The van der Waals surface area contributed by atoms with Gasteiger partial charge in [-0.05, 0) is 23.8 Å². The van der Waals surface area contributed by atoms with E-state index in [1.807, 2.05) is 12.1 Å². The number of aromatic nitrogens is 4. The SMILES string of the molecule is NC/C(=C\F)Cn1ncn(-c2cccc(-c3ccc4c(c3)NC(=O)OC4)n2)c1=O. The fourth-order valence-electron chi connectivity index (χ4n) is 2.92. The van der Waals surface area contributed by atoms with Gasteiger partial charge in [-0.25, -0.2) is 28.2 Å². The summed E-state index contributed by atoms with van der Waals surface area (Å²) in [5.74, 6) is 0.363. The minimum atomic E-state index is -0.505. The zero-order valence-corrected chi connectivity index (χ0v) is 15.2. The average Bonchev–Trinajstić information content (AvgIpc) is 3.11. The normalized spacial score (nSPS) is 13.6. The van der Waals surface area contributed by atoms with Gasteiger partial charge in [-0.15, -0.1) is 0 Å². The van der Waals surface area contributed by atoms with Gasteiger partial charge in [-0.3, -0.25) is 5.32 Å². The number of rotatable bonds is 5. The molecule has 3 N–H and O–H groups in total. The number of hydrogen-bond donors (Lipinski definition) is 2. The van der Waals surface area contributed by atoms with Crippen LogP contribution in [0.25, 0.3) is 17.1 Å². The van der Waals surface area contributed by atoms with Crippen molar-refractivity contribution in [2.45, 2.75) is 13.2 Å². The van der Waals surface area contributed by atoms with Crippen LogP contribution in [0.5, 0.6) is 0 Å². The molecule has 0 saturated heterocycles. The van der Waals surface area contributed by atoms with E-state index >= 15 is 0 Å². The highest BCUT2D eigenvalue weighted by atomic mass is 19.1. The highest BCUT2D eigenvalue weighted by Crippen LogP contribution is 2.28. The molecule has 0 spiro atoms. The number of cyclic esters (lactones) is 1. The first-order valence-corrected chi connectivity index (χ1v) is 8.76. The first kappa shape index (κ1) is 18.6. The largest absolute Gasteiger partial charge is 0.444 e. The third kappa shape index (κ3) is 3.65. The molecular weight excluding hydrogens is 379 g/mol. The molecule has 2 aromatic heterocycles. The average molecular weight is 396 g/mol. The fourth-order valence-corrected chi connectivity index (χ4v) is 2.92. The highest BCUT2D eigenvalue weighted by Gasteiger charge is 2.17. The summed E-state index contributed by atoms with van der Waals surface area (Å²) >= 11 is 0. The summed E-state index contributed by atoms with van der Waals surface area (Å²) < 4.78 is 20.1. The number of carbonyl (C=O) groups is 1. The van der Waals surface area contributed by atoms with Crippen molar-refractivity contribution in [2.75, 3.05) is 11.9 Å². The summed E-state index contributed by atoms with van der Waals surface area (Å²) in [5.41, 5.74) is 8.11. The predicted molar refractivity (Wildman–Crippen MR) is 103 cm³/mol. The summed E-state index contributed by atoms with van der Waals surface area (Å²) in [5, 5.41) is 6.65. The third-order valence-electron chi connectivity index (χ3n) is 4.49. The number of amides is 1. The van der Waals surface area contributed by atoms with E-state index in [4.69, 9.17) is 10.5 Å². The van der Waals surface area contributed by atoms with Gasteiger partial charge in [-0.1, -0.05) is 18.2 Å². The number of nitrogens with two attached hydrogens (primary N) is 1. The minimum Gasteiger partial charge on any atom is -0.444 e. The lowest BCUT2D eigenvalue weighted by atomic mass is 10.1. The van der Waals surface area contributed by atoms with E-state index in [1.54, 1.807) is 24.3 Å². The Morgan fingerprint density at radius 1 is 1.31 bits per heavy atom. The molecule has 148 valence electrons. The standard InChI is InChI=1S/C19H17FN6O3/c20-7-12(8-21)9-26-19(28)25(11-22-26)17-3-1-2-15(23-17)13-4-5-14-10-29-18(27)24-16(14)6-13/h1-7,11H,8-10,21H2,(H,24,27)/b12-7+. The highest BCUT2D eigenvalue weighted by molar-refractivity contribution is 5.88. The van der Waals surface area contributed by atoms with E-state index in [2.05, 4.69) is 15.4 Å². The second-order valence-electron chi connectivity index (χ2n) is 6.37. The molecule has 0 fully saturated rings. The van der Waals surface area contributed by atoms with Crippen LogP contribution in [0.3, 0.4) is 0 Å². The molecular formula is C19H17FN6O3. The molecule has 29 heavy (non-hydrogen) atoms. The van der Waals surface area contributed by atoms with Gasteiger partial charge in [0.2, 0.25) is 0 Å². The number of ether oxygens (including phenoxy) is 1. The van der Waals surface area contributed by atoms with Gasteiger partial charge in [0.05, 0.1) is 24.3 Å². The van der Waals surface area contributed by atoms with Crippen LogP contribution in [-0.4, -0.2) is 32.0 Å². The van der Waals surface area contributed by atoms with Crippen molar-refractivity contribution in [1.82, 2.24) is 19.3 Å². The molecule has 0 bridgehead atoms.